The molecule has 1 unspecified atom stereocenters. The predicted molar refractivity (Wildman–Crippen MR) is 76.4 cm³/mol. The SMILES string of the molecule is CCCC1CCCN(CC(C)(C)NCC)CC1. The zero-order chi connectivity index (χ0) is 12.7. The second-order valence-electron chi connectivity index (χ2n) is 6.28. The highest BCUT2D eigenvalue weighted by Crippen LogP contribution is 2.22. The number of nitrogens with zero attached hydrogens (tertiary/aromatic N) is 1. The van der Waals surface area contributed by atoms with Crippen molar-refractivity contribution in [3.8, 4) is 0 Å². The number of rotatable bonds is 6. The third-order valence-electron chi connectivity index (χ3n) is 3.91. The van der Waals surface area contributed by atoms with Gasteiger partial charge in [0.05, 0.1) is 0 Å². The Morgan fingerprint density at radius 1 is 1.18 bits per heavy atom. The van der Waals surface area contributed by atoms with Gasteiger partial charge in [0.1, 0.15) is 0 Å². The lowest BCUT2D eigenvalue weighted by Crippen LogP contribution is -2.49. The molecule has 1 atom stereocenters. The molecular weight excluding hydrogens is 208 g/mol. The van der Waals surface area contributed by atoms with E-state index in [1.54, 1.807) is 0 Å². The van der Waals surface area contributed by atoms with Crippen LogP contribution in [-0.2, 0) is 0 Å². The Kier molecular flexibility index (Phi) is 6.50. The van der Waals surface area contributed by atoms with Gasteiger partial charge < -0.3 is 10.2 Å². The molecule has 1 N–H and O–H groups in total. The third-order valence-corrected chi connectivity index (χ3v) is 3.91. The largest absolute Gasteiger partial charge is 0.311 e. The Morgan fingerprint density at radius 2 is 1.94 bits per heavy atom. The van der Waals surface area contributed by atoms with Gasteiger partial charge in [0.2, 0.25) is 0 Å². The van der Waals surface area contributed by atoms with Crippen molar-refractivity contribution in [3.63, 3.8) is 0 Å². The lowest BCUT2D eigenvalue weighted by molar-refractivity contribution is 0.205. The predicted octanol–water partition coefficient (Wildman–Crippen LogP) is 3.28. The Balaban J connectivity index is 2.35. The van der Waals surface area contributed by atoms with E-state index in [1.165, 1.54) is 51.7 Å². The van der Waals surface area contributed by atoms with Gasteiger partial charge in [0.15, 0.2) is 0 Å². The summed E-state index contributed by atoms with van der Waals surface area (Å²) in [5.74, 6) is 0.993. The molecular formula is C15H32N2. The van der Waals surface area contributed by atoms with E-state index in [1.807, 2.05) is 0 Å². The van der Waals surface area contributed by atoms with Crippen molar-refractivity contribution < 1.29 is 0 Å². The van der Waals surface area contributed by atoms with E-state index in [0.717, 1.165) is 12.5 Å². The first-order valence-corrected chi connectivity index (χ1v) is 7.54. The van der Waals surface area contributed by atoms with E-state index in [-0.39, 0.29) is 5.54 Å². The Labute approximate surface area is 108 Å². The summed E-state index contributed by atoms with van der Waals surface area (Å²) in [4.78, 5) is 2.66. The second-order valence-corrected chi connectivity index (χ2v) is 6.28. The number of likely N-dealkylation sites (tertiary alicyclic amines) is 1. The summed E-state index contributed by atoms with van der Waals surface area (Å²) in [6, 6.07) is 0. The summed E-state index contributed by atoms with van der Waals surface area (Å²) < 4.78 is 0. The molecule has 2 nitrogen and oxygen atoms in total. The minimum atomic E-state index is 0.263. The van der Waals surface area contributed by atoms with Crippen LogP contribution in [0.4, 0.5) is 0 Å². The van der Waals surface area contributed by atoms with E-state index in [4.69, 9.17) is 0 Å². The zero-order valence-electron chi connectivity index (χ0n) is 12.4. The number of hydrogen-bond donors (Lipinski definition) is 1. The Bertz CT molecular complexity index is 201. The van der Waals surface area contributed by atoms with Crippen LogP contribution in [0.15, 0.2) is 0 Å². The van der Waals surface area contributed by atoms with Crippen molar-refractivity contribution in [1.29, 1.82) is 0 Å². The van der Waals surface area contributed by atoms with Crippen molar-refractivity contribution in [2.45, 2.75) is 65.3 Å². The molecule has 17 heavy (non-hydrogen) atoms. The van der Waals surface area contributed by atoms with Crippen LogP contribution in [0.25, 0.3) is 0 Å². The van der Waals surface area contributed by atoms with Gasteiger partial charge in [0.25, 0.3) is 0 Å². The van der Waals surface area contributed by atoms with Gasteiger partial charge in [-0.05, 0) is 58.7 Å². The normalized spacial score (nSPS) is 23.6. The second kappa shape index (κ2) is 7.38. The maximum atomic E-state index is 3.58. The highest BCUT2D eigenvalue weighted by Gasteiger charge is 2.23. The minimum Gasteiger partial charge on any atom is -0.311 e. The smallest absolute Gasteiger partial charge is 0.0252 e. The number of nitrogens with one attached hydrogen (secondary N) is 1. The van der Waals surface area contributed by atoms with Crippen LogP contribution >= 0.6 is 0 Å². The van der Waals surface area contributed by atoms with Crippen molar-refractivity contribution in [2.24, 2.45) is 5.92 Å². The van der Waals surface area contributed by atoms with Crippen molar-refractivity contribution in [2.75, 3.05) is 26.2 Å². The average Bonchev–Trinajstić information content (AvgIpc) is 2.44. The molecule has 0 spiro atoms. The molecule has 0 saturated carbocycles. The molecule has 0 bridgehead atoms. The van der Waals surface area contributed by atoms with E-state index >= 15 is 0 Å². The van der Waals surface area contributed by atoms with Crippen molar-refractivity contribution in [3.05, 3.63) is 0 Å². The van der Waals surface area contributed by atoms with E-state index < -0.39 is 0 Å². The van der Waals surface area contributed by atoms with Gasteiger partial charge in [-0.2, -0.15) is 0 Å². The summed E-state index contributed by atoms with van der Waals surface area (Å²) in [5, 5.41) is 3.58. The third kappa shape index (κ3) is 5.87. The van der Waals surface area contributed by atoms with Crippen LogP contribution in [0.1, 0.15) is 59.8 Å². The molecule has 1 rings (SSSR count). The monoisotopic (exact) mass is 240 g/mol. The summed E-state index contributed by atoms with van der Waals surface area (Å²) in [7, 11) is 0. The maximum absolute atomic E-state index is 3.58. The molecule has 1 aliphatic rings. The molecule has 0 aromatic heterocycles. The Morgan fingerprint density at radius 3 is 2.59 bits per heavy atom. The highest BCUT2D eigenvalue weighted by atomic mass is 15.2. The lowest BCUT2D eigenvalue weighted by Gasteiger charge is -2.32. The van der Waals surface area contributed by atoms with E-state index in [2.05, 4.69) is 37.9 Å². The fraction of sp³-hybridized carbons (Fsp3) is 1.00. The summed E-state index contributed by atoms with van der Waals surface area (Å²) in [5.41, 5.74) is 0.263. The first-order valence-electron chi connectivity index (χ1n) is 7.54. The van der Waals surface area contributed by atoms with Gasteiger partial charge in [-0.1, -0.05) is 26.7 Å². The molecule has 0 aromatic rings. The number of likely N-dealkylation sites (N-methyl/N-ethyl adjacent to an activating group) is 1. The first-order chi connectivity index (χ1) is 8.07. The topological polar surface area (TPSA) is 15.3 Å². The average molecular weight is 240 g/mol. The molecule has 0 radical (unpaired) electrons. The summed E-state index contributed by atoms with van der Waals surface area (Å²) >= 11 is 0. The molecule has 0 aromatic carbocycles. The number of hydrogen-bond acceptors (Lipinski definition) is 2. The van der Waals surface area contributed by atoms with Crippen LogP contribution in [0.5, 0.6) is 0 Å². The molecule has 1 saturated heterocycles. The van der Waals surface area contributed by atoms with Gasteiger partial charge in [-0.3, -0.25) is 0 Å². The van der Waals surface area contributed by atoms with Crippen molar-refractivity contribution in [1.82, 2.24) is 10.2 Å². The molecule has 1 fully saturated rings. The van der Waals surface area contributed by atoms with Crippen LogP contribution in [-0.4, -0.2) is 36.6 Å². The fourth-order valence-corrected chi connectivity index (χ4v) is 3.17. The zero-order valence-corrected chi connectivity index (χ0v) is 12.4. The van der Waals surface area contributed by atoms with Gasteiger partial charge in [0, 0.05) is 12.1 Å². The van der Waals surface area contributed by atoms with Crippen LogP contribution < -0.4 is 5.32 Å². The van der Waals surface area contributed by atoms with E-state index in [9.17, 15) is 0 Å². The maximum Gasteiger partial charge on any atom is 0.0252 e. The van der Waals surface area contributed by atoms with Gasteiger partial charge in [-0.25, -0.2) is 0 Å². The molecule has 1 aliphatic heterocycles. The Hall–Kier alpha value is -0.0800. The fourth-order valence-electron chi connectivity index (χ4n) is 3.17. The summed E-state index contributed by atoms with van der Waals surface area (Å²) in [6.07, 6.45) is 7.05. The van der Waals surface area contributed by atoms with Crippen LogP contribution in [0.2, 0.25) is 0 Å². The highest BCUT2D eigenvalue weighted by molar-refractivity contribution is 4.82. The standard InChI is InChI=1S/C15H32N2/c1-5-8-14-9-7-11-17(12-10-14)13-15(3,4)16-6-2/h14,16H,5-13H2,1-4H3. The molecule has 1 heterocycles. The molecule has 0 amide bonds. The molecule has 0 aliphatic carbocycles. The van der Waals surface area contributed by atoms with E-state index in [0.29, 0.717) is 0 Å². The quantitative estimate of drug-likeness (QED) is 0.766. The minimum absolute atomic E-state index is 0.263. The lowest BCUT2D eigenvalue weighted by atomic mass is 9.96. The van der Waals surface area contributed by atoms with Crippen LogP contribution in [0.3, 0.4) is 0 Å². The molecule has 2 heteroatoms. The first kappa shape index (κ1) is 15.0. The molecule has 102 valence electrons. The van der Waals surface area contributed by atoms with Crippen molar-refractivity contribution >= 4 is 0 Å². The summed E-state index contributed by atoms with van der Waals surface area (Å²) in [6.45, 7) is 14.0. The van der Waals surface area contributed by atoms with Gasteiger partial charge in [-0.15, -0.1) is 0 Å². The van der Waals surface area contributed by atoms with Gasteiger partial charge >= 0.3 is 0 Å². The van der Waals surface area contributed by atoms with Crippen LogP contribution in [0, 0.1) is 5.92 Å².